The van der Waals surface area contributed by atoms with Crippen LogP contribution in [-0.4, -0.2) is 62.7 Å². The third-order valence-electron chi connectivity index (χ3n) is 4.96. The first kappa shape index (κ1) is 23.7. The molecule has 0 unspecified atom stereocenters. The second kappa shape index (κ2) is 12.2. The van der Waals surface area contributed by atoms with Crippen molar-refractivity contribution in [3.05, 3.63) is 58.7 Å². The quantitative estimate of drug-likeness (QED) is 0.343. The average Bonchev–Trinajstić information content (AvgIpc) is 2.73. The van der Waals surface area contributed by atoms with Crippen molar-refractivity contribution in [1.29, 1.82) is 0 Å². The summed E-state index contributed by atoms with van der Waals surface area (Å²) in [7, 11) is 3.94. The zero-order valence-electron chi connectivity index (χ0n) is 17.1. The molecule has 0 saturated carbocycles. The summed E-state index contributed by atoms with van der Waals surface area (Å²) >= 11 is 6.20. The van der Waals surface area contributed by atoms with Gasteiger partial charge in [0.05, 0.1) is 0 Å². The van der Waals surface area contributed by atoms with E-state index in [1.54, 1.807) is 7.05 Å². The van der Waals surface area contributed by atoms with Crippen molar-refractivity contribution < 1.29 is 0 Å². The van der Waals surface area contributed by atoms with Gasteiger partial charge in [-0.15, -0.1) is 24.0 Å². The lowest BCUT2D eigenvalue weighted by Gasteiger charge is -2.33. The number of piperazine rings is 1. The molecule has 8 heteroatoms. The number of aliphatic imine (C=N–C) groups is 1. The first-order chi connectivity index (χ1) is 13.7. The number of benzene rings is 1. The Kier molecular flexibility index (Phi) is 9.96. The van der Waals surface area contributed by atoms with E-state index in [-0.39, 0.29) is 24.0 Å². The second-order valence-corrected chi connectivity index (χ2v) is 7.42. The summed E-state index contributed by atoms with van der Waals surface area (Å²) in [6.07, 6.45) is 2.79. The zero-order chi connectivity index (χ0) is 19.8. The second-order valence-electron chi connectivity index (χ2n) is 7.01. The van der Waals surface area contributed by atoms with Crippen LogP contribution in [0.3, 0.4) is 0 Å². The van der Waals surface area contributed by atoms with E-state index in [0.717, 1.165) is 67.1 Å². The number of aromatic nitrogens is 1. The standard InChI is InChI=1S/C21H29ClN6.HI/c1-23-21(24-10-9-18-5-3-4-6-19(18)22)26-16-17-7-8-20(25-15-17)28-13-11-27(2)12-14-28;/h3-8,15H,9-14,16H2,1-2H3,(H2,23,24,26);1H. The van der Waals surface area contributed by atoms with Gasteiger partial charge in [0, 0.05) is 57.5 Å². The summed E-state index contributed by atoms with van der Waals surface area (Å²) in [6.45, 7) is 5.68. The van der Waals surface area contributed by atoms with Crippen LogP contribution in [0.25, 0.3) is 0 Å². The fraction of sp³-hybridized carbons (Fsp3) is 0.429. The summed E-state index contributed by atoms with van der Waals surface area (Å²) in [6, 6.07) is 12.2. The van der Waals surface area contributed by atoms with E-state index in [9.17, 15) is 0 Å². The molecule has 2 aromatic rings. The van der Waals surface area contributed by atoms with Gasteiger partial charge in [-0.05, 0) is 36.7 Å². The first-order valence-electron chi connectivity index (χ1n) is 9.72. The van der Waals surface area contributed by atoms with Gasteiger partial charge in [-0.1, -0.05) is 35.9 Å². The number of pyridine rings is 1. The molecule has 1 fully saturated rings. The van der Waals surface area contributed by atoms with Crippen LogP contribution in [0.1, 0.15) is 11.1 Å². The number of hydrogen-bond acceptors (Lipinski definition) is 4. The maximum Gasteiger partial charge on any atom is 0.191 e. The molecular weight excluding hydrogens is 499 g/mol. The highest BCUT2D eigenvalue weighted by Gasteiger charge is 2.14. The molecule has 3 rings (SSSR count). The Labute approximate surface area is 195 Å². The number of halogens is 2. The molecule has 0 atom stereocenters. The Balaban J connectivity index is 0.00000300. The predicted molar refractivity (Wildman–Crippen MR) is 133 cm³/mol. The van der Waals surface area contributed by atoms with Gasteiger partial charge in [0.1, 0.15) is 5.82 Å². The molecule has 1 aliphatic rings. The van der Waals surface area contributed by atoms with Crippen molar-refractivity contribution in [1.82, 2.24) is 20.5 Å². The Morgan fingerprint density at radius 2 is 1.86 bits per heavy atom. The molecule has 1 aliphatic heterocycles. The predicted octanol–water partition coefficient (Wildman–Crippen LogP) is 3.01. The van der Waals surface area contributed by atoms with Crippen LogP contribution < -0.4 is 15.5 Å². The van der Waals surface area contributed by atoms with Crippen molar-refractivity contribution in [2.24, 2.45) is 4.99 Å². The lowest BCUT2D eigenvalue weighted by atomic mass is 10.1. The van der Waals surface area contributed by atoms with Gasteiger partial charge >= 0.3 is 0 Å². The van der Waals surface area contributed by atoms with Crippen molar-refractivity contribution in [2.75, 3.05) is 51.7 Å². The first-order valence-corrected chi connectivity index (χ1v) is 10.1. The van der Waals surface area contributed by atoms with Gasteiger partial charge in [-0.3, -0.25) is 4.99 Å². The Bertz CT molecular complexity index is 775. The molecule has 1 aromatic heterocycles. The van der Waals surface area contributed by atoms with Gasteiger partial charge in [0.15, 0.2) is 5.96 Å². The SMILES string of the molecule is CN=C(NCCc1ccccc1Cl)NCc1ccc(N2CCN(C)CC2)nc1.I. The van der Waals surface area contributed by atoms with E-state index in [4.69, 9.17) is 11.6 Å². The number of likely N-dealkylation sites (N-methyl/N-ethyl adjacent to an activating group) is 1. The molecule has 0 spiro atoms. The molecule has 2 N–H and O–H groups in total. The molecule has 158 valence electrons. The number of hydrogen-bond donors (Lipinski definition) is 2. The Morgan fingerprint density at radius 1 is 1.10 bits per heavy atom. The molecule has 0 amide bonds. The molecule has 1 aromatic carbocycles. The highest BCUT2D eigenvalue weighted by atomic mass is 127. The van der Waals surface area contributed by atoms with Gasteiger partial charge in [0.25, 0.3) is 0 Å². The zero-order valence-corrected chi connectivity index (χ0v) is 20.2. The van der Waals surface area contributed by atoms with Crippen molar-refractivity contribution in [3.63, 3.8) is 0 Å². The number of rotatable bonds is 6. The highest BCUT2D eigenvalue weighted by Crippen LogP contribution is 2.15. The molecule has 0 radical (unpaired) electrons. The van der Waals surface area contributed by atoms with E-state index in [1.807, 2.05) is 30.5 Å². The summed E-state index contributed by atoms with van der Waals surface area (Å²) in [4.78, 5) is 13.6. The van der Waals surface area contributed by atoms with Gasteiger partial charge < -0.3 is 20.4 Å². The summed E-state index contributed by atoms with van der Waals surface area (Å²) in [5.74, 6) is 1.83. The molecule has 6 nitrogen and oxygen atoms in total. The maximum atomic E-state index is 6.20. The van der Waals surface area contributed by atoms with Gasteiger partial charge in [-0.2, -0.15) is 0 Å². The van der Waals surface area contributed by atoms with E-state index in [0.29, 0.717) is 6.54 Å². The van der Waals surface area contributed by atoms with Crippen molar-refractivity contribution in [3.8, 4) is 0 Å². The van der Waals surface area contributed by atoms with Crippen LogP contribution in [-0.2, 0) is 13.0 Å². The summed E-state index contributed by atoms with van der Waals surface area (Å²) in [5.41, 5.74) is 2.27. The minimum Gasteiger partial charge on any atom is -0.356 e. The van der Waals surface area contributed by atoms with E-state index in [2.05, 4.69) is 49.6 Å². The normalized spacial score (nSPS) is 15.0. The minimum atomic E-state index is 0. The molecular formula is C21H30ClIN6. The fourth-order valence-electron chi connectivity index (χ4n) is 3.17. The van der Waals surface area contributed by atoms with E-state index in [1.165, 1.54) is 0 Å². The van der Waals surface area contributed by atoms with Gasteiger partial charge in [0.2, 0.25) is 0 Å². The highest BCUT2D eigenvalue weighted by molar-refractivity contribution is 14.0. The Morgan fingerprint density at radius 3 is 2.52 bits per heavy atom. The third-order valence-corrected chi connectivity index (χ3v) is 5.33. The number of nitrogens with zero attached hydrogens (tertiary/aromatic N) is 4. The van der Waals surface area contributed by atoms with Crippen LogP contribution in [0.5, 0.6) is 0 Å². The topological polar surface area (TPSA) is 55.8 Å². The maximum absolute atomic E-state index is 6.20. The average molecular weight is 529 g/mol. The van der Waals surface area contributed by atoms with E-state index >= 15 is 0 Å². The smallest absolute Gasteiger partial charge is 0.191 e. The van der Waals surface area contributed by atoms with Crippen LogP contribution in [0.15, 0.2) is 47.6 Å². The Hall–Kier alpha value is -1.58. The number of nitrogens with one attached hydrogen (secondary N) is 2. The van der Waals surface area contributed by atoms with Crippen molar-refractivity contribution >= 4 is 47.4 Å². The fourth-order valence-corrected chi connectivity index (χ4v) is 3.40. The van der Waals surface area contributed by atoms with Crippen LogP contribution >= 0.6 is 35.6 Å². The molecule has 2 heterocycles. The monoisotopic (exact) mass is 528 g/mol. The number of anilines is 1. The van der Waals surface area contributed by atoms with Crippen LogP contribution in [0.4, 0.5) is 5.82 Å². The minimum absolute atomic E-state index is 0. The lowest BCUT2D eigenvalue weighted by molar-refractivity contribution is 0.312. The molecule has 1 saturated heterocycles. The molecule has 29 heavy (non-hydrogen) atoms. The lowest BCUT2D eigenvalue weighted by Crippen LogP contribution is -2.44. The number of guanidine groups is 1. The summed E-state index contributed by atoms with van der Waals surface area (Å²) in [5, 5.41) is 7.47. The molecule has 0 aliphatic carbocycles. The van der Waals surface area contributed by atoms with E-state index < -0.39 is 0 Å². The largest absolute Gasteiger partial charge is 0.356 e. The summed E-state index contributed by atoms with van der Waals surface area (Å²) < 4.78 is 0. The van der Waals surface area contributed by atoms with Crippen molar-refractivity contribution in [2.45, 2.75) is 13.0 Å². The van der Waals surface area contributed by atoms with Gasteiger partial charge in [-0.25, -0.2) is 4.98 Å². The van der Waals surface area contributed by atoms with Crippen LogP contribution in [0, 0.1) is 0 Å². The van der Waals surface area contributed by atoms with Crippen LogP contribution in [0.2, 0.25) is 5.02 Å². The molecule has 0 bridgehead atoms. The third kappa shape index (κ3) is 7.31.